The molecule has 0 saturated carbocycles. The molecule has 2 aromatic rings. The van der Waals surface area contributed by atoms with Crippen LogP contribution in [0.1, 0.15) is 10.5 Å². The summed E-state index contributed by atoms with van der Waals surface area (Å²) in [5.74, 6) is -1.20. The molecule has 17 heavy (non-hydrogen) atoms. The van der Waals surface area contributed by atoms with E-state index in [1.54, 1.807) is 24.3 Å². The zero-order valence-corrected chi connectivity index (χ0v) is 9.65. The van der Waals surface area contributed by atoms with Crippen LogP contribution >= 0.6 is 11.6 Å². The minimum atomic E-state index is -1.20. The highest BCUT2D eigenvalue weighted by Crippen LogP contribution is 2.28. The second-order valence-electron chi connectivity index (χ2n) is 3.50. The molecule has 0 bridgehead atoms. The summed E-state index contributed by atoms with van der Waals surface area (Å²) >= 11 is 5.99. The Morgan fingerprint density at radius 2 is 2.06 bits per heavy atom. The molecular weight excluding hydrogens is 244 g/mol. The van der Waals surface area contributed by atoms with E-state index in [0.717, 1.165) is 0 Å². The van der Waals surface area contributed by atoms with Crippen LogP contribution < -0.4 is 5.69 Å². The Kier molecular flexibility index (Phi) is 2.77. The van der Waals surface area contributed by atoms with E-state index >= 15 is 0 Å². The Morgan fingerprint density at radius 1 is 1.41 bits per heavy atom. The first-order chi connectivity index (χ1) is 8.02. The number of hydrogen-bond acceptors (Lipinski definition) is 2. The van der Waals surface area contributed by atoms with Crippen molar-refractivity contribution in [2.75, 3.05) is 0 Å². The maximum atomic E-state index is 11.5. The lowest BCUT2D eigenvalue weighted by molar-refractivity contribution is 0.0692. The molecule has 1 aromatic heterocycles. The average Bonchev–Trinajstić information content (AvgIpc) is 2.57. The molecule has 88 valence electrons. The van der Waals surface area contributed by atoms with Gasteiger partial charge in [0.2, 0.25) is 0 Å². The third kappa shape index (κ3) is 1.85. The summed E-state index contributed by atoms with van der Waals surface area (Å²) in [6.07, 6.45) is 0. The minimum absolute atomic E-state index is 0.161. The van der Waals surface area contributed by atoms with E-state index in [-0.39, 0.29) is 11.4 Å². The molecule has 0 unspecified atom stereocenters. The third-order valence-electron chi connectivity index (χ3n) is 2.45. The van der Waals surface area contributed by atoms with Gasteiger partial charge in [0.15, 0.2) is 5.69 Å². The molecule has 0 radical (unpaired) electrons. The summed E-state index contributed by atoms with van der Waals surface area (Å²) in [6, 6.07) is 6.76. The topological polar surface area (TPSA) is 75.1 Å². The molecule has 2 N–H and O–H groups in total. The van der Waals surface area contributed by atoms with Crippen LogP contribution in [0.3, 0.4) is 0 Å². The molecule has 2 rings (SSSR count). The van der Waals surface area contributed by atoms with Gasteiger partial charge in [0.1, 0.15) is 0 Å². The van der Waals surface area contributed by atoms with Gasteiger partial charge in [-0.25, -0.2) is 9.59 Å². The van der Waals surface area contributed by atoms with Crippen molar-refractivity contribution in [3.63, 3.8) is 0 Å². The van der Waals surface area contributed by atoms with Crippen LogP contribution in [0.15, 0.2) is 29.1 Å². The Balaban J connectivity index is 2.79. The highest BCUT2D eigenvalue weighted by atomic mass is 35.5. The molecule has 1 aromatic carbocycles. The maximum Gasteiger partial charge on any atom is 0.354 e. The van der Waals surface area contributed by atoms with Crippen LogP contribution in [0.5, 0.6) is 0 Å². The number of carbonyl (C=O) groups is 1. The Morgan fingerprint density at radius 3 is 2.65 bits per heavy atom. The monoisotopic (exact) mass is 252 g/mol. The SMILES string of the molecule is Cn1c(-c2ccccc2Cl)c(C(=O)O)[nH]c1=O. The van der Waals surface area contributed by atoms with E-state index in [1.807, 2.05) is 0 Å². The van der Waals surface area contributed by atoms with Gasteiger partial charge in [0, 0.05) is 17.6 Å². The van der Waals surface area contributed by atoms with Crippen molar-refractivity contribution >= 4 is 17.6 Å². The number of rotatable bonds is 2. The number of H-pyrrole nitrogens is 1. The van der Waals surface area contributed by atoms with E-state index in [9.17, 15) is 9.59 Å². The van der Waals surface area contributed by atoms with E-state index in [2.05, 4.69) is 4.98 Å². The highest BCUT2D eigenvalue weighted by molar-refractivity contribution is 6.33. The lowest BCUT2D eigenvalue weighted by Gasteiger charge is -2.05. The van der Waals surface area contributed by atoms with Crippen LogP contribution in [0.4, 0.5) is 0 Å². The number of aromatic amines is 1. The number of nitrogens with zero attached hydrogens (tertiary/aromatic N) is 1. The molecule has 0 saturated heterocycles. The number of hydrogen-bond donors (Lipinski definition) is 2. The molecule has 1 heterocycles. The molecule has 0 atom stereocenters. The lowest BCUT2D eigenvalue weighted by Crippen LogP contribution is -2.13. The van der Waals surface area contributed by atoms with Crippen molar-refractivity contribution in [1.82, 2.24) is 9.55 Å². The Bertz CT molecular complexity index is 642. The zero-order chi connectivity index (χ0) is 12.6. The second-order valence-corrected chi connectivity index (χ2v) is 3.90. The van der Waals surface area contributed by atoms with Gasteiger partial charge >= 0.3 is 11.7 Å². The average molecular weight is 253 g/mol. The van der Waals surface area contributed by atoms with Gasteiger partial charge in [-0.3, -0.25) is 9.55 Å². The highest BCUT2D eigenvalue weighted by Gasteiger charge is 2.20. The molecule has 0 aliphatic carbocycles. The zero-order valence-electron chi connectivity index (χ0n) is 8.90. The van der Waals surface area contributed by atoms with Crippen molar-refractivity contribution in [3.05, 3.63) is 45.5 Å². The van der Waals surface area contributed by atoms with Gasteiger partial charge in [-0.05, 0) is 6.07 Å². The molecule has 0 aliphatic rings. The van der Waals surface area contributed by atoms with Gasteiger partial charge in [0.05, 0.1) is 5.69 Å². The number of aromatic nitrogens is 2. The molecular formula is C11H9ClN2O3. The summed E-state index contributed by atoms with van der Waals surface area (Å²) in [5, 5.41) is 9.42. The number of aromatic carboxylic acids is 1. The minimum Gasteiger partial charge on any atom is -0.477 e. The van der Waals surface area contributed by atoms with E-state index < -0.39 is 11.7 Å². The fourth-order valence-corrected chi connectivity index (χ4v) is 1.87. The predicted octanol–water partition coefficient (Wildman–Crippen LogP) is 1.73. The summed E-state index contributed by atoms with van der Waals surface area (Å²) in [5.41, 5.74) is 0.128. The second kappa shape index (κ2) is 4.10. The number of imidazole rings is 1. The normalized spacial score (nSPS) is 10.5. The van der Waals surface area contributed by atoms with E-state index in [4.69, 9.17) is 16.7 Å². The smallest absolute Gasteiger partial charge is 0.354 e. The van der Waals surface area contributed by atoms with Crippen LogP contribution in [0.2, 0.25) is 5.02 Å². The van der Waals surface area contributed by atoms with Gasteiger partial charge in [0.25, 0.3) is 0 Å². The van der Waals surface area contributed by atoms with Crippen molar-refractivity contribution in [2.45, 2.75) is 0 Å². The van der Waals surface area contributed by atoms with Crippen molar-refractivity contribution in [3.8, 4) is 11.3 Å². The first-order valence-electron chi connectivity index (χ1n) is 4.79. The summed E-state index contributed by atoms with van der Waals surface area (Å²) in [4.78, 5) is 24.8. The number of carboxylic acid groups (broad SMARTS) is 1. The van der Waals surface area contributed by atoms with Crippen LogP contribution in [0, 0.1) is 0 Å². The van der Waals surface area contributed by atoms with Crippen molar-refractivity contribution in [2.24, 2.45) is 7.05 Å². The summed E-state index contributed by atoms with van der Waals surface area (Å²) in [7, 11) is 1.49. The van der Waals surface area contributed by atoms with Gasteiger partial charge in [-0.2, -0.15) is 0 Å². The van der Waals surface area contributed by atoms with Crippen LogP contribution in [-0.2, 0) is 7.05 Å². The Hall–Kier alpha value is -2.01. The Labute approximate surface area is 101 Å². The summed E-state index contributed by atoms with van der Waals surface area (Å²) in [6.45, 7) is 0. The standard InChI is InChI=1S/C11H9ClN2O3/c1-14-9(6-4-2-3-5-7(6)12)8(10(15)16)13-11(14)17/h2-5H,1H3,(H,13,17)(H,15,16). The fourth-order valence-electron chi connectivity index (χ4n) is 1.64. The number of nitrogens with one attached hydrogen (secondary N) is 1. The lowest BCUT2D eigenvalue weighted by atomic mass is 10.1. The van der Waals surface area contributed by atoms with Gasteiger partial charge < -0.3 is 5.11 Å². The predicted molar refractivity (Wildman–Crippen MR) is 63.4 cm³/mol. The van der Waals surface area contributed by atoms with Gasteiger partial charge in [-0.1, -0.05) is 29.8 Å². The quantitative estimate of drug-likeness (QED) is 0.855. The molecule has 0 amide bonds. The number of halogens is 1. The number of benzene rings is 1. The van der Waals surface area contributed by atoms with E-state index in [1.165, 1.54) is 11.6 Å². The largest absolute Gasteiger partial charge is 0.477 e. The first-order valence-corrected chi connectivity index (χ1v) is 5.17. The molecule has 0 fully saturated rings. The fraction of sp³-hybridized carbons (Fsp3) is 0.0909. The maximum absolute atomic E-state index is 11.5. The van der Waals surface area contributed by atoms with Crippen molar-refractivity contribution < 1.29 is 9.90 Å². The third-order valence-corrected chi connectivity index (χ3v) is 2.78. The molecule has 6 heteroatoms. The van der Waals surface area contributed by atoms with Crippen LogP contribution in [-0.4, -0.2) is 20.6 Å². The first kappa shape index (κ1) is 11.5. The van der Waals surface area contributed by atoms with Gasteiger partial charge in [-0.15, -0.1) is 0 Å². The summed E-state index contributed by atoms with van der Waals surface area (Å²) < 4.78 is 1.23. The number of carboxylic acids is 1. The van der Waals surface area contributed by atoms with E-state index in [0.29, 0.717) is 10.6 Å². The molecule has 0 spiro atoms. The van der Waals surface area contributed by atoms with Crippen molar-refractivity contribution in [1.29, 1.82) is 0 Å². The molecule has 0 aliphatic heterocycles. The van der Waals surface area contributed by atoms with Crippen LogP contribution in [0.25, 0.3) is 11.3 Å². The molecule has 5 nitrogen and oxygen atoms in total.